The van der Waals surface area contributed by atoms with E-state index in [2.05, 4.69) is 44.0 Å². The van der Waals surface area contributed by atoms with Gasteiger partial charge < -0.3 is 15.0 Å². The first-order valence-electron chi connectivity index (χ1n) is 11.7. The van der Waals surface area contributed by atoms with Crippen LogP contribution in [-0.4, -0.2) is 75.1 Å². The Bertz CT molecular complexity index is 1040. The zero-order valence-corrected chi connectivity index (χ0v) is 19.0. The molecular formula is C23H32N8O. The number of aryl methyl sites for hydroxylation is 2. The molecule has 0 bridgehead atoms. The van der Waals surface area contributed by atoms with Gasteiger partial charge in [-0.25, -0.2) is 19.6 Å². The Morgan fingerprint density at radius 2 is 1.84 bits per heavy atom. The van der Waals surface area contributed by atoms with Gasteiger partial charge >= 0.3 is 0 Å². The van der Waals surface area contributed by atoms with Crippen LogP contribution >= 0.6 is 0 Å². The number of fused-ring (bicyclic) bond motifs is 1. The van der Waals surface area contributed by atoms with Gasteiger partial charge in [0.25, 0.3) is 0 Å². The molecule has 0 radical (unpaired) electrons. The van der Waals surface area contributed by atoms with Gasteiger partial charge in [-0.2, -0.15) is 5.10 Å². The van der Waals surface area contributed by atoms with E-state index in [1.54, 1.807) is 0 Å². The van der Waals surface area contributed by atoms with Crippen molar-refractivity contribution in [2.75, 3.05) is 49.6 Å². The maximum absolute atomic E-state index is 5.58. The van der Waals surface area contributed by atoms with E-state index >= 15 is 0 Å². The van der Waals surface area contributed by atoms with E-state index < -0.39 is 0 Å². The number of nitrogens with zero attached hydrogens (tertiary/aromatic N) is 7. The lowest BCUT2D eigenvalue weighted by Crippen LogP contribution is -2.46. The Morgan fingerprint density at radius 1 is 1.09 bits per heavy atom. The largest absolute Gasteiger partial charge is 0.381 e. The fourth-order valence-electron chi connectivity index (χ4n) is 4.66. The topological polar surface area (TPSA) is 84.2 Å². The van der Waals surface area contributed by atoms with Gasteiger partial charge in [0.2, 0.25) is 5.95 Å². The molecule has 0 atom stereocenters. The van der Waals surface area contributed by atoms with Crippen LogP contribution in [0.2, 0.25) is 0 Å². The first kappa shape index (κ1) is 21.1. The Labute approximate surface area is 188 Å². The van der Waals surface area contributed by atoms with Crippen molar-refractivity contribution in [2.45, 2.75) is 45.8 Å². The summed E-state index contributed by atoms with van der Waals surface area (Å²) < 4.78 is 7.56. The normalized spacial score (nSPS) is 18.4. The molecule has 32 heavy (non-hydrogen) atoms. The summed E-state index contributed by atoms with van der Waals surface area (Å²) in [5.74, 6) is 0.820. The highest BCUT2D eigenvalue weighted by Crippen LogP contribution is 2.31. The minimum absolute atomic E-state index is 0.421. The summed E-state index contributed by atoms with van der Waals surface area (Å²) in [6.45, 7) is 11.4. The third kappa shape index (κ3) is 4.27. The number of hydrogen-bond donors (Lipinski definition) is 1. The molecule has 5 rings (SSSR count). The molecule has 0 unspecified atom stereocenters. The molecule has 1 N–H and O–H groups in total. The molecule has 2 saturated heterocycles. The number of anilines is 2. The van der Waals surface area contributed by atoms with E-state index in [4.69, 9.17) is 9.72 Å². The summed E-state index contributed by atoms with van der Waals surface area (Å²) >= 11 is 0. The summed E-state index contributed by atoms with van der Waals surface area (Å²) in [4.78, 5) is 18.5. The van der Waals surface area contributed by atoms with Crippen LogP contribution in [-0.2, 0) is 17.8 Å². The van der Waals surface area contributed by atoms with Gasteiger partial charge in [0.15, 0.2) is 5.65 Å². The van der Waals surface area contributed by atoms with Crippen LogP contribution in [0.5, 0.6) is 0 Å². The summed E-state index contributed by atoms with van der Waals surface area (Å²) in [5.41, 5.74) is 4.53. The van der Waals surface area contributed by atoms with Crippen LogP contribution in [0.15, 0.2) is 24.7 Å². The smallest absolute Gasteiger partial charge is 0.225 e. The van der Waals surface area contributed by atoms with Crippen LogP contribution in [0.25, 0.3) is 11.0 Å². The van der Waals surface area contributed by atoms with Gasteiger partial charge in [0.05, 0.1) is 17.3 Å². The molecular weight excluding hydrogens is 404 g/mol. The maximum Gasteiger partial charge on any atom is 0.225 e. The maximum atomic E-state index is 5.58. The van der Waals surface area contributed by atoms with Gasteiger partial charge in [-0.3, -0.25) is 4.90 Å². The van der Waals surface area contributed by atoms with Crippen LogP contribution in [0.3, 0.4) is 0 Å². The average Bonchev–Trinajstić information content (AvgIpc) is 3.25. The molecule has 9 nitrogen and oxygen atoms in total. The van der Waals surface area contributed by atoms with E-state index in [1.807, 2.05) is 29.3 Å². The van der Waals surface area contributed by atoms with Gasteiger partial charge in [-0.15, -0.1) is 0 Å². The van der Waals surface area contributed by atoms with Crippen molar-refractivity contribution < 1.29 is 4.74 Å². The molecule has 0 amide bonds. The van der Waals surface area contributed by atoms with Gasteiger partial charge in [-0.05, 0) is 32.8 Å². The van der Waals surface area contributed by atoms with Crippen LogP contribution in [0.1, 0.15) is 31.0 Å². The summed E-state index contributed by atoms with van der Waals surface area (Å²) in [6, 6.07) is 2.28. The van der Waals surface area contributed by atoms with Crippen molar-refractivity contribution in [3.8, 4) is 0 Å². The lowest BCUT2D eigenvalue weighted by atomic mass is 10.0. The predicted octanol–water partition coefficient (Wildman–Crippen LogP) is 2.46. The highest BCUT2D eigenvalue weighted by molar-refractivity contribution is 5.91. The quantitative estimate of drug-likeness (QED) is 0.631. The monoisotopic (exact) mass is 436 g/mol. The van der Waals surface area contributed by atoms with Crippen molar-refractivity contribution in [1.29, 1.82) is 0 Å². The number of nitrogens with one attached hydrogen (secondary N) is 1. The molecule has 2 aliphatic heterocycles. The zero-order valence-electron chi connectivity index (χ0n) is 19.0. The van der Waals surface area contributed by atoms with E-state index in [9.17, 15) is 0 Å². The Hall–Kier alpha value is -2.78. The van der Waals surface area contributed by atoms with Crippen molar-refractivity contribution in [3.05, 3.63) is 35.9 Å². The number of pyridine rings is 1. The molecule has 3 aromatic rings. The first-order chi connectivity index (χ1) is 15.7. The van der Waals surface area contributed by atoms with Crippen molar-refractivity contribution >= 4 is 22.7 Å². The second-order valence-corrected chi connectivity index (χ2v) is 8.59. The molecule has 2 fully saturated rings. The molecule has 0 aromatic carbocycles. The molecule has 5 heterocycles. The van der Waals surface area contributed by atoms with Crippen LogP contribution < -0.4 is 10.2 Å². The third-order valence-corrected chi connectivity index (χ3v) is 6.55. The van der Waals surface area contributed by atoms with Crippen LogP contribution in [0, 0.1) is 6.92 Å². The molecule has 0 aliphatic carbocycles. The van der Waals surface area contributed by atoms with Crippen LogP contribution in [0.4, 0.5) is 11.6 Å². The SMILES string of the molecule is CCn1ncc2c(NC3CCOCC3)c(CN3CCN(c4ncccn4)CC3)c(C)nc21. The molecule has 3 aromatic heterocycles. The average molecular weight is 437 g/mol. The zero-order chi connectivity index (χ0) is 21.9. The highest BCUT2D eigenvalue weighted by Gasteiger charge is 2.24. The summed E-state index contributed by atoms with van der Waals surface area (Å²) in [6.07, 6.45) is 7.65. The molecule has 2 aliphatic rings. The fraction of sp³-hybridized carbons (Fsp3) is 0.565. The van der Waals surface area contributed by atoms with E-state index in [-0.39, 0.29) is 0 Å². The van der Waals surface area contributed by atoms with E-state index in [0.29, 0.717) is 6.04 Å². The summed E-state index contributed by atoms with van der Waals surface area (Å²) in [5, 5.41) is 9.58. The van der Waals surface area contributed by atoms with Gasteiger partial charge in [0.1, 0.15) is 0 Å². The minimum atomic E-state index is 0.421. The number of rotatable bonds is 6. The highest BCUT2D eigenvalue weighted by atomic mass is 16.5. The van der Waals surface area contributed by atoms with Crippen molar-refractivity contribution in [1.82, 2.24) is 29.6 Å². The third-order valence-electron chi connectivity index (χ3n) is 6.55. The fourth-order valence-corrected chi connectivity index (χ4v) is 4.66. The number of ether oxygens (including phenoxy) is 1. The number of aromatic nitrogens is 5. The van der Waals surface area contributed by atoms with Gasteiger partial charge in [0, 0.05) is 82.2 Å². The molecule has 0 saturated carbocycles. The second kappa shape index (κ2) is 9.38. The van der Waals surface area contributed by atoms with Gasteiger partial charge in [-0.1, -0.05) is 0 Å². The van der Waals surface area contributed by atoms with E-state index in [0.717, 1.165) is 88.0 Å². The first-order valence-corrected chi connectivity index (χ1v) is 11.7. The molecule has 0 spiro atoms. The second-order valence-electron chi connectivity index (χ2n) is 8.59. The minimum Gasteiger partial charge on any atom is -0.381 e. The molecule has 9 heteroatoms. The van der Waals surface area contributed by atoms with Crippen molar-refractivity contribution in [2.24, 2.45) is 0 Å². The lowest BCUT2D eigenvalue weighted by Gasteiger charge is -2.35. The Morgan fingerprint density at radius 3 is 2.56 bits per heavy atom. The lowest BCUT2D eigenvalue weighted by molar-refractivity contribution is 0.0904. The Balaban J connectivity index is 1.39. The standard InChI is InChI=1S/C23H32N8O/c1-3-31-22-19(15-26-31)21(28-18-5-13-32-14-6-18)20(17(2)27-22)16-29-9-11-30(12-10-29)23-24-7-4-8-25-23/h4,7-8,15,18H,3,5-6,9-14,16H2,1-2H3,(H,27,28). The number of hydrogen-bond acceptors (Lipinski definition) is 8. The Kier molecular flexibility index (Phi) is 6.18. The van der Waals surface area contributed by atoms with E-state index in [1.165, 1.54) is 11.3 Å². The predicted molar refractivity (Wildman–Crippen MR) is 125 cm³/mol. The number of piperazine rings is 1. The van der Waals surface area contributed by atoms with Crippen molar-refractivity contribution in [3.63, 3.8) is 0 Å². The summed E-state index contributed by atoms with van der Waals surface area (Å²) in [7, 11) is 0. The molecule has 170 valence electrons.